The Balaban J connectivity index is 2.02. The summed E-state index contributed by atoms with van der Waals surface area (Å²) in [6.07, 6.45) is 3.41. The van der Waals surface area contributed by atoms with Gasteiger partial charge in [-0.2, -0.15) is 20.1 Å². The summed E-state index contributed by atoms with van der Waals surface area (Å²) in [5.74, 6) is 0.849. The summed E-state index contributed by atoms with van der Waals surface area (Å²) in [7, 11) is 2.07. The van der Waals surface area contributed by atoms with Crippen molar-refractivity contribution in [2.45, 2.75) is 19.9 Å². The lowest BCUT2D eigenvalue weighted by molar-refractivity contribution is 0.284. The molecule has 2 aromatic rings. The Labute approximate surface area is 123 Å². The first-order valence-electron chi connectivity index (χ1n) is 6.42. The molecule has 0 unspecified atom stereocenters. The standard InChI is InChI=1S/C12H18ClN7/c1-9(2)19(3)8-6-14-11-16-10(13)17-12(18-11)20-7-4-5-15-20/h4-5,7,9H,6,8H2,1-3H3,(H,14,16,17,18). The maximum atomic E-state index is 5.91. The summed E-state index contributed by atoms with van der Waals surface area (Å²) in [6, 6.07) is 2.29. The predicted octanol–water partition coefficient (Wildman–Crippen LogP) is 1.46. The molecule has 0 aliphatic rings. The number of nitrogens with zero attached hydrogens (tertiary/aromatic N) is 6. The van der Waals surface area contributed by atoms with E-state index in [-0.39, 0.29) is 5.28 Å². The zero-order chi connectivity index (χ0) is 14.5. The zero-order valence-corrected chi connectivity index (χ0v) is 12.5. The normalized spacial score (nSPS) is 11.3. The van der Waals surface area contributed by atoms with Gasteiger partial charge in [-0.05, 0) is 38.6 Å². The Bertz CT molecular complexity index is 541. The van der Waals surface area contributed by atoms with Crippen LogP contribution in [0.2, 0.25) is 5.28 Å². The van der Waals surface area contributed by atoms with Gasteiger partial charge in [-0.15, -0.1) is 0 Å². The van der Waals surface area contributed by atoms with Gasteiger partial charge in [0.1, 0.15) is 0 Å². The van der Waals surface area contributed by atoms with Crippen molar-refractivity contribution in [2.75, 3.05) is 25.5 Å². The Morgan fingerprint density at radius 2 is 2.15 bits per heavy atom. The Morgan fingerprint density at radius 3 is 2.80 bits per heavy atom. The molecule has 2 rings (SSSR count). The third-order valence-corrected chi connectivity index (χ3v) is 3.10. The van der Waals surface area contributed by atoms with Gasteiger partial charge in [0.25, 0.3) is 5.95 Å². The van der Waals surface area contributed by atoms with Gasteiger partial charge in [0.2, 0.25) is 11.2 Å². The predicted molar refractivity (Wildman–Crippen MR) is 78.2 cm³/mol. The molecule has 0 aromatic carbocycles. The highest BCUT2D eigenvalue weighted by Crippen LogP contribution is 2.08. The number of rotatable bonds is 6. The second kappa shape index (κ2) is 6.62. The van der Waals surface area contributed by atoms with E-state index in [1.807, 2.05) is 0 Å². The maximum absolute atomic E-state index is 5.91. The molecule has 0 radical (unpaired) electrons. The Kier molecular flexibility index (Phi) is 4.86. The number of hydrogen-bond donors (Lipinski definition) is 1. The fraction of sp³-hybridized carbons (Fsp3) is 0.500. The molecule has 7 nitrogen and oxygen atoms in total. The number of aromatic nitrogens is 5. The molecule has 2 heterocycles. The van der Waals surface area contributed by atoms with Crippen molar-refractivity contribution in [3.05, 3.63) is 23.7 Å². The Morgan fingerprint density at radius 1 is 1.35 bits per heavy atom. The van der Waals surface area contributed by atoms with Crippen LogP contribution < -0.4 is 5.32 Å². The monoisotopic (exact) mass is 295 g/mol. The molecule has 0 aliphatic carbocycles. The third-order valence-electron chi connectivity index (χ3n) is 2.93. The number of hydrogen-bond acceptors (Lipinski definition) is 6. The van der Waals surface area contributed by atoms with Crippen molar-refractivity contribution in [3.63, 3.8) is 0 Å². The van der Waals surface area contributed by atoms with Crippen LogP contribution >= 0.6 is 11.6 Å². The van der Waals surface area contributed by atoms with Crippen molar-refractivity contribution in [1.29, 1.82) is 0 Å². The summed E-state index contributed by atoms with van der Waals surface area (Å²) in [6.45, 7) is 5.91. The first kappa shape index (κ1) is 14.7. The molecule has 108 valence electrons. The summed E-state index contributed by atoms with van der Waals surface area (Å²) in [5.41, 5.74) is 0. The Hall–Kier alpha value is -1.73. The smallest absolute Gasteiger partial charge is 0.256 e. The fourth-order valence-electron chi connectivity index (χ4n) is 1.51. The summed E-state index contributed by atoms with van der Waals surface area (Å²) >= 11 is 5.91. The van der Waals surface area contributed by atoms with E-state index in [4.69, 9.17) is 11.6 Å². The van der Waals surface area contributed by atoms with Crippen molar-refractivity contribution in [3.8, 4) is 5.95 Å². The molecular formula is C12H18ClN7. The minimum Gasteiger partial charge on any atom is -0.353 e. The minimum absolute atomic E-state index is 0.144. The van der Waals surface area contributed by atoms with Crippen LogP contribution in [0.1, 0.15) is 13.8 Å². The van der Waals surface area contributed by atoms with Gasteiger partial charge in [-0.25, -0.2) is 4.68 Å². The van der Waals surface area contributed by atoms with E-state index in [1.54, 1.807) is 23.1 Å². The van der Waals surface area contributed by atoms with E-state index in [9.17, 15) is 0 Å². The van der Waals surface area contributed by atoms with E-state index in [0.717, 1.165) is 13.1 Å². The van der Waals surface area contributed by atoms with Crippen molar-refractivity contribution in [1.82, 2.24) is 29.6 Å². The fourth-order valence-corrected chi connectivity index (χ4v) is 1.67. The lowest BCUT2D eigenvalue weighted by Gasteiger charge is -2.20. The van der Waals surface area contributed by atoms with E-state index in [0.29, 0.717) is 17.9 Å². The number of nitrogens with one attached hydrogen (secondary N) is 1. The van der Waals surface area contributed by atoms with Crippen LogP contribution in [0.25, 0.3) is 5.95 Å². The van der Waals surface area contributed by atoms with Crippen molar-refractivity contribution in [2.24, 2.45) is 0 Å². The summed E-state index contributed by atoms with van der Waals surface area (Å²) < 4.78 is 1.54. The number of anilines is 1. The van der Waals surface area contributed by atoms with Gasteiger partial charge in [0.15, 0.2) is 0 Å². The van der Waals surface area contributed by atoms with Gasteiger partial charge in [-0.1, -0.05) is 0 Å². The van der Waals surface area contributed by atoms with Crippen LogP contribution in [0.15, 0.2) is 18.5 Å². The van der Waals surface area contributed by atoms with E-state index >= 15 is 0 Å². The van der Waals surface area contributed by atoms with Gasteiger partial charge >= 0.3 is 0 Å². The molecule has 0 fully saturated rings. The summed E-state index contributed by atoms with van der Waals surface area (Å²) in [5, 5.41) is 7.36. The van der Waals surface area contributed by atoms with Crippen molar-refractivity contribution >= 4 is 17.5 Å². The van der Waals surface area contributed by atoms with Crippen molar-refractivity contribution < 1.29 is 0 Å². The third kappa shape index (κ3) is 3.88. The lowest BCUT2D eigenvalue weighted by atomic mass is 10.3. The quantitative estimate of drug-likeness (QED) is 0.870. The molecule has 2 aromatic heterocycles. The van der Waals surface area contributed by atoms with Crippen LogP contribution in [-0.2, 0) is 0 Å². The van der Waals surface area contributed by atoms with Gasteiger partial charge in [0, 0.05) is 31.5 Å². The molecule has 0 saturated heterocycles. The lowest BCUT2D eigenvalue weighted by Crippen LogP contribution is -2.31. The van der Waals surface area contributed by atoms with E-state index in [1.165, 1.54) is 0 Å². The first-order valence-corrected chi connectivity index (χ1v) is 6.80. The minimum atomic E-state index is 0.144. The maximum Gasteiger partial charge on any atom is 0.256 e. The van der Waals surface area contributed by atoms with Crippen LogP contribution in [0.3, 0.4) is 0 Å². The van der Waals surface area contributed by atoms with E-state index in [2.05, 4.69) is 51.2 Å². The van der Waals surface area contributed by atoms with Gasteiger partial charge < -0.3 is 10.2 Å². The van der Waals surface area contributed by atoms with E-state index < -0.39 is 0 Å². The zero-order valence-electron chi connectivity index (χ0n) is 11.8. The topological polar surface area (TPSA) is 71.8 Å². The van der Waals surface area contributed by atoms with Crippen LogP contribution in [-0.4, -0.2) is 55.8 Å². The first-order chi connectivity index (χ1) is 9.56. The molecule has 0 amide bonds. The number of halogens is 1. The molecule has 20 heavy (non-hydrogen) atoms. The average molecular weight is 296 g/mol. The van der Waals surface area contributed by atoms with Crippen LogP contribution in [0.4, 0.5) is 5.95 Å². The molecule has 0 spiro atoms. The summed E-state index contributed by atoms with van der Waals surface area (Å²) in [4.78, 5) is 14.6. The highest BCUT2D eigenvalue weighted by molar-refractivity contribution is 6.28. The molecule has 0 aliphatic heterocycles. The molecule has 0 bridgehead atoms. The average Bonchev–Trinajstić information content (AvgIpc) is 2.91. The molecule has 1 N–H and O–H groups in total. The van der Waals surface area contributed by atoms with Gasteiger partial charge in [-0.3, -0.25) is 0 Å². The number of likely N-dealkylation sites (N-methyl/N-ethyl adjacent to an activating group) is 1. The second-order valence-electron chi connectivity index (χ2n) is 4.68. The highest BCUT2D eigenvalue weighted by Gasteiger charge is 2.07. The van der Waals surface area contributed by atoms with Crippen LogP contribution in [0.5, 0.6) is 0 Å². The van der Waals surface area contributed by atoms with Gasteiger partial charge in [0.05, 0.1) is 0 Å². The molecule has 0 saturated carbocycles. The molecule has 8 heteroatoms. The SMILES string of the molecule is CC(C)N(C)CCNc1nc(Cl)nc(-n2cccn2)n1. The van der Waals surface area contributed by atoms with Crippen LogP contribution in [0, 0.1) is 0 Å². The largest absolute Gasteiger partial charge is 0.353 e. The highest BCUT2D eigenvalue weighted by atomic mass is 35.5. The molecule has 0 atom stereocenters. The molecular weight excluding hydrogens is 278 g/mol. The second-order valence-corrected chi connectivity index (χ2v) is 5.02.